The molecule has 5 N–H and O–H groups in total. The zero-order valence-corrected chi connectivity index (χ0v) is 14.0. The second-order valence-electron chi connectivity index (χ2n) is 5.31. The van der Waals surface area contributed by atoms with Gasteiger partial charge < -0.3 is 40.0 Å². The molecule has 138 valence electrons. The van der Waals surface area contributed by atoms with Gasteiger partial charge in [0.05, 0.1) is 19.3 Å². The van der Waals surface area contributed by atoms with Crippen molar-refractivity contribution in [3.05, 3.63) is 24.3 Å². The molecule has 1 aromatic carbocycles. The molecule has 0 saturated carbocycles. The topological polar surface area (TPSA) is 121 Å². The molecular formula is C16H27NO7. The summed E-state index contributed by atoms with van der Waals surface area (Å²) in [5.41, 5.74) is 0. The largest absolute Gasteiger partial charge is 0.508 e. The van der Waals surface area contributed by atoms with E-state index in [0.717, 1.165) is 0 Å². The maximum atomic E-state index is 10.2. The zero-order chi connectivity index (χ0) is 17.9. The van der Waals surface area contributed by atoms with Crippen molar-refractivity contribution in [3.8, 4) is 11.5 Å². The van der Waals surface area contributed by atoms with Crippen LogP contribution in [0.1, 0.15) is 6.92 Å². The molecule has 0 aromatic heterocycles. The van der Waals surface area contributed by atoms with Crippen molar-refractivity contribution in [2.75, 3.05) is 33.4 Å². The fourth-order valence-corrected chi connectivity index (χ4v) is 1.80. The predicted molar refractivity (Wildman–Crippen MR) is 86.9 cm³/mol. The Morgan fingerprint density at radius 2 is 1.83 bits per heavy atom. The number of phenols is 1. The third-order valence-corrected chi connectivity index (χ3v) is 3.23. The number of ether oxygens (including phenoxy) is 3. The predicted octanol–water partition coefficient (Wildman–Crippen LogP) is -0.548. The van der Waals surface area contributed by atoms with Crippen LogP contribution in [0, 0.1) is 0 Å². The van der Waals surface area contributed by atoms with Crippen LogP contribution in [0.2, 0.25) is 0 Å². The molecule has 0 aliphatic carbocycles. The highest BCUT2D eigenvalue weighted by atomic mass is 16.7. The second-order valence-corrected chi connectivity index (χ2v) is 5.31. The van der Waals surface area contributed by atoms with E-state index in [1.807, 2.05) is 0 Å². The summed E-state index contributed by atoms with van der Waals surface area (Å²) in [5, 5.41) is 41.2. The van der Waals surface area contributed by atoms with Crippen LogP contribution in [0.25, 0.3) is 0 Å². The first kappa shape index (κ1) is 20.6. The molecule has 8 nitrogen and oxygen atoms in total. The standard InChI is InChI=1S/C16H27NO7/c1-11(19)15(9-18)24-16(22-8-7-17-2)14(21)10-23-13-5-3-12(20)4-6-13/h3-6,11,14-21H,7-10H2,1-2H3. The minimum atomic E-state index is -1.14. The summed E-state index contributed by atoms with van der Waals surface area (Å²) in [6.07, 6.45) is -4.01. The molecular weight excluding hydrogens is 318 g/mol. The van der Waals surface area contributed by atoms with Gasteiger partial charge in [-0.15, -0.1) is 0 Å². The number of benzene rings is 1. The van der Waals surface area contributed by atoms with Gasteiger partial charge in [-0.1, -0.05) is 0 Å². The number of likely N-dealkylation sites (N-methyl/N-ethyl adjacent to an activating group) is 1. The quantitative estimate of drug-likeness (QED) is 0.253. The first-order valence-electron chi connectivity index (χ1n) is 7.78. The van der Waals surface area contributed by atoms with E-state index in [1.54, 1.807) is 19.2 Å². The van der Waals surface area contributed by atoms with Crippen LogP contribution in [0.5, 0.6) is 11.5 Å². The van der Waals surface area contributed by atoms with Crippen LogP contribution in [0.3, 0.4) is 0 Å². The molecule has 0 spiro atoms. The van der Waals surface area contributed by atoms with Gasteiger partial charge in [0, 0.05) is 6.54 Å². The third-order valence-electron chi connectivity index (χ3n) is 3.23. The Bertz CT molecular complexity index is 441. The maximum absolute atomic E-state index is 10.2. The molecule has 1 aromatic rings. The molecule has 4 atom stereocenters. The van der Waals surface area contributed by atoms with Crippen LogP contribution >= 0.6 is 0 Å². The highest BCUT2D eigenvalue weighted by Crippen LogP contribution is 2.17. The number of aromatic hydroxyl groups is 1. The Morgan fingerprint density at radius 1 is 1.17 bits per heavy atom. The van der Waals surface area contributed by atoms with Gasteiger partial charge in [-0.25, -0.2) is 0 Å². The van der Waals surface area contributed by atoms with Gasteiger partial charge >= 0.3 is 0 Å². The second kappa shape index (κ2) is 11.2. The maximum Gasteiger partial charge on any atom is 0.187 e. The number of nitrogens with one attached hydrogen (secondary N) is 1. The smallest absolute Gasteiger partial charge is 0.187 e. The Hall–Kier alpha value is -1.42. The lowest BCUT2D eigenvalue weighted by Crippen LogP contribution is -2.43. The monoisotopic (exact) mass is 345 g/mol. The van der Waals surface area contributed by atoms with E-state index in [-0.39, 0.29) is 19.0 Å². The number of rotatable bonds is 12. The Labute approximate surface area is 141 Å². The van der Waals surface area contributed by atoms with Gasteiger partial charge in [-0.3, -0.25) is 0 Å². The lowest BCUT2D eigenvalue weighted by molar-refractivity contribution is -0.238. The molecule has 0 radical (unpaired) electrons. The molecule has 8 heteroatoms. The van der Waals surface area contributed by atoms with Gasteiger partial charge in [0.1, 0.15) is 30.3 Å². The van der Waals surface area contributed by atoms with Gasteiger partial charge in [0.2, 0.25) is 0 Å². The molecule has 0 amide bonds. The molecule has 0 aliphatic rings. The number of aliphatic hydroxyl groups excluding tert-OH is 3. The van der Waals surface area contributed by atoms with E-state index >= 15 is 0 Å². The van der Waals surface area contributed by atoms with Gasteiger partial charge in [0.25, 0.3) is 0 Å². The minimum Gasteiger partial charge on any atom is -0.508 e. The third kappa shape index (κ3) is 7.43. The van der Waals surface area contributed by atoms with E-state index in [1.165, 1.54) is 19.1 Å². The molecule has 0 saturated heterocycles. The Morgan fingerprint density at radius 3 is 2.38 bits per heavy atom. The highest BCUT2D eigenvalue weighted by Gasteiger charge is 2.27. The van der Waals surface area contributed by atoms with Gasteiger partial charge in [0.15, 0.2) is 6.29 Å². The van der Waals surface area contributed by atoms with Crippen LogP contribution in [-0.2, 0) is 9.47 Å². The summed E-state index contributed by atoms with van der Waals surface area (Å²) in [5.74, 6) is 0.581. The lowest BCUT2D eigenvalue weighted by Gasteiger charge is -2.28. The highest BCUT2D eigenvalue weighted by molar-refractivity contribution is 5.30. The number of phenolic OH excluding ortho intramolecular Hbond substituents is 1. The van der Waals surface area contributed by atoms with Crippen molar-refractivity contribution in [2.45, 2.75) is 31.5 Å². The first-order valence-corrected chi connectivity index (χ1v) is 7.78. The number of aliphatic hydroxyl groups is 3. The Balaban J connectivity index is 2.60. The molecule has 0 fully saturated rings. The van der Waals surface area contributed by atoms with E-state index in [9.17, 15) is 20.4 Å². The van der Waals surface area contributed by atoms with Crippen molar-refractivity contribution in [3.63, 3.8) is 0 Å². The average Bonchev–Trinajstić information content (AvgIpc) is 2.57. The summed E-state index contributed by atoms with van der Waals surface area (Å²) >= 11 is 0. The summed E-state index contributed by atoms with van der Waals surface area (Å²) < 4.78 is 16.3. The average molecular weight is 345 g/mol. The molecule has 24 heavy (non-hydrogen) atoms. The van der Waals surface area contributed by atoms with E-state index in [2.05, 4.69) is 5.32 Å². The lowest BCUT2D eigenvalue weighted by atomic mass is 10.2. The van der Waals surface area contributed by atoms with Gasteiger partial charge in [-0.05, 0) is 38.2 Å². The normalized spacial score (nSPS) is 16.4. The van der Waals surface area contributed by atoms with Crippen LogP contribution in [0.15, 0.2) is 24.3 Å². The van der Waals surface area contributed by atoms with Crippen molar-refractivity contribution < 1.29 is 34.6 Å². The number of hydrogen-bond acceptors (Lipinski definition) is 8. The summed E-state index contributed by atoms with van der Waals surface area (Å²) in [6, 6.07) is 6.06. The van der Waals surface area contributed by atoms with Crippen molar-refractivity contribution in [2.24, 2.45) is 0 Å². The van der Waals surface area contributed by atoms with Crippen molar-refractivity contribution >= 4 is 0 Å². The summed E-state index contributed by atoms with van der Waals surface area (Å²) in [4.78, 5) is 0. The van der Waals surface area contributed by atoms with Crippen LogP contribution in [-0.4, -0.2) is 78.4 Å². The van der Waals surface area contributed by atoms with E-state index in [4.69, 9.17) is 14.2 Å². The van der Waals surface area contributed by atoms with Crippen molar-refractivity contribution in [1.29, 1.82) is 0 Å². The summed E-state index contributed by atoms with van der Waals surface area (Å²) in [6.45, 7) is 1.77. The van der Waals surface area contributed by atoms with E-state index in [0.29, 0.717) is 12.3 Å². The molecule has 4 unspecified atom stereocenters. The fourth-order valence-electron chi connectivity index (χ4n) is 1.80. The van der Waals surface area contributed by atoms with Gasteiger partial charge in [-0.2, -0.15) is 0 Å². The Kier molecular flexibility index (Phi) is 9.62. The molecule has 0 bridgehead atoms. The molecule has 1 rings (SSSR count). The minimum absolute atomic E-state index is 0.113. The SMILES string of the molecule is CNCCOC(OC(CO)C(C)O)C(O)COc1ccc(O)cc1. The molecule has 0 aliphatic heterocycles. The number of hydrogen-bond donors (Lipinski definition) is 5. The fraction of sp³-hybridized carbons (Fsp3) is 0.625. The first-order chi connectivity index (χ1) is 11.5. The van der Waals surface area contributed by atoms with Crippen LogP contribution < -0.4 is 10.1 Å². The van der Waals surface area contributed by atoms with Crippen LogP contribution in [0.4, 0.5) is 0 Å². The summed E-state index contributed by atoms with van der Waals surface area (Å²) in [7, 11) is 1.76. The molecule has 0 heterocycles. The zero-order valence-electron chi connectivity index (χ0n) is 14.0. The van der Waals surface area contributed by atoms with Crippen molar-refractivity contribution in [1.82, 2.24) is 5.32 Å². The van der Waals surface area contributed by atoms with E-state index < -0.39 is 31.2 Å².